The SMILES string of the molecule is Cc1ccc(CNC(=O)C2CCN(c3nc4ccccc4[nH]3)CC2)o1. The molecule has 4 rings (SSSR count). The van der Waals surface area contributed by atoms with Crippen molar-refractivity contribution in [1.29, 1.82) is 0 Å². The Morgan fingerprint density at radius 1 is 1.28 bits per heavy atom. The molecule has 25 heavy (non-hydrogen) atoms. The lowest BCUT2D eigenvalue weighted by Crippen LogP contribution is -2.40. The van der Waals surface area contributed by atoms with Crippen LogP contribution in [0.4, 0.5) is 5.95 Å². The Hall–Kier alpha value is -2.76. The third-order valence-electron chi connectivity index (χ3n) is 4.78. The van der Waals surface area contributed by atoms with Crippen LogP contribution in [-0.4, -0.2) is 29.0 Å². The molecular formula is C19H22N4O2. The molecule has 1 saturated heterocycles. The van der Waals surface area contributed by atoms with Gasteiger partial charge >= 0.3 is 0 Å². The number of imidazole rings is 1. The number of fused-ring (bicyclic) bond motifs is 1. The summed E-state index contributed by atoms with van der Waals surface area (Å²) in [5, 5.41) is 2.98. The zero-order valence-electron chi connectivity index (χ0n) is 14.3. The Labute approximate surface area is 146 Å². The molecule has 3 heterocycles. The Balaban J connectivity index is 1.32. The zero-order valence-corrected chi connectivity index (χ0v) is 14.3. The van der Waals surface area contributed by atoms with Gasteiger partial charge in [0.05, 0.1) is 17.6 Å². The summed E-state index contributed by atoms with van der Waals surface area (Å²) in [6, 6.07) is 11.8. The van der Waals surface area contributed by atoms with Crippen LogP contribution in [0.25, 0.3) is 11.0 Å². The average molecular weight is 338 g/mol. The lowest BCUT2D eigenvalue weighted by Gasteiger charge is -2.31. The molecule has 1 aromatic carbocycles. The molecule has 6 nitrogen and oxygen atoms in total. The van der Waals surface area contributed by atoms with E-state index in [-0.39, 0.29) is 11.8 Å². The van der Waals surface area contributed by atoms with Gasteiger partial charge in [-0.25, -0.2) is 4.98 Å². The summed E-state index contributed by atoms with van der Waals surface area (Å²) in [6.45, 7) is 4.02. The Bertz CT molecular complexity index is 841. The molecule has 0 radical (unpaired) electrons. The minimum absolute atomic E-state index is 0.0525. The molecule has 1 fully saturated rings. The van der Waals surface area contributed by atoms with E-state index in [2.05, 4.69) is 20.2 Å². The summed E-state index contributed by atoms with van der Waals surface area (Å²) >= 11 is 0. The quantitative estimate of drug-likeness (QED) is 0.767. The number of hydrogen-bond acceptors (Lipinski definition) is 4. The summed E-state index contributed by atoms with van der Waals surface area (Å²) in [4.78, 5) is 22.6. The summed E-state index contributed by atoms with van der Waals surface area (Å²) in [5.41, 5.74) is 2.03. The maximum absolute atomic E-state index is 12.4. The number of rotatable bonds is 4. The van der Waals surface area contributed by atoms with Crippen molar-refractivity contribution in [2.45, 2.75) is 26.3 Å². The molecule has 1 aliphatic heterocycles. The van der Waals surface area contributed by atoms with E-state index in [4.69, 9.17) is 4.42 Å². The molecule has 3 aromatic rings. The van der Waals surface area contributed by atoms with Gasteiger partial charge in [-0.1, -0.05) is 12.1 Å². The fourth-order valence-corrected chi connectivity index (χ4v) is 3.34. The summed E-state index contributed by atoms with van der Waals surface area (Å²) in [7, 11) is 0. The van der Waals surface area contributed by atoms with Gasteiger partial charge in [0, 0.05) is 19.0 Å². The number of benzene rings is 1. The highest BCUT2D eigenvalue weighted by molar-refractivity contribution is 5.79. The van der Waals surface area contributed by atoms with E-state index in [1.54, 1.807) is 0 Å². The first-order valence-electron chi connectivity index (χ1n) is 8.72. The number of piperidine rings is 1. The van der Waals surface area contributed by atoms with Crippen molar-refractivity contribution in [2.24, 2.45) is 5.92 Å². The van der Waals surface area contributed by atoms with Crippen molar-refractivity contribution in [3.63, 3.8) is 0 Å². The van der Waals surface area contributed by atoms with Gasteiger partial charge in [0.1, 0.15) is 11.5 Å². The Morgan fingerprint density at radius 3 is 2.80 bits per heavy atom. The Kier molecular flexibility index (Phi) is 4.17. The fourth-order valence-electron chi connectivity index (χ4n) is 3.34. The van der Waals surface area contributed by atoms with E-state index in [0.717, 1.165) is 54.4 Å². The number of hydrogen-bond donors (Lipinski definition) is 2. The van der Waals surface area contributed by atoms with Crippen LogP contribution in [0.2, 0.25) is 0 Å². The van der Waals surface area contributed by atoms with E-state index in [9.17, 15) is 4.79 Å². The number of anilines is 1. The van der Waals surface area contributed by atoms with Gasteiger partial charge < -0.3 is 19.6 Å². The third kappa shape index (κ3) is 3.38. The number of nitrogens with one attached hydrogen (secondary N) is 2. The highest BCUT2D eigenvalue weighted by atomic mass is 16.3. The van der Waals surface area contributed by atoms with Crippen LogP contribution in [0.5, 0.6) is 0 Å². The van der Waals surface area contributed by atoms with Crippen molar-refractivity contribution >= 4 is 22.9 Å². The van der Waals surface area contributed by atoms with Gasteiger partial charge in [-0.05, 0) is 44.0 Å². The van der Waals surface area contributed by atoms with Crippen LogP contribution < -0.4 is 10.2 Å². The van der Waals surface area contributed by atoms with Crippen LogP contribution in [0.3, 0.4) is 0 Å². The van der Waals surface area contributed by atoms with Crippen molar-refractivity contribution in [1.82, 2.24) is 15.3 Å². The number of nitrogens with zero attached hydrogens (tertiary/aromatic N) is 2. The van der Waals surface area contributed by atoms with Crippen molar-refractivity contribution in [3.8, 4) is 0 Å². The number of amides is 1. The van der Waals surface area contributed by atoms with E-state index in [1.807, 2.05) is 43.3 Å². The van der Waals surface area contributed by atoms with E-state index < -0.39 is 0 Å². The van der Waals surface area contributed by atoms with Crippen LogP contribution in [0.1, 0.15) is 24.4 Å². The number of para-hydroxylation sites is 2. The second-order valence-electron chi connectivity index (χ2n) is 6.57. The summed E-state index contributed by atoms with van der Waals surface area (Å²) in [6.07, 6.45) is 1.67. The first kappa shape index (κ1) is 15.7. The number of carbonyl (C=O) groups excluding carboxylic acids is 1. The number of furan rings is 1. The predicted molar refractivity (Wildman–Crippen MR) is 96.3 cm³/mol. The Morgan fingerprint density at radius 2 is 2.08 bits per heavy atom. The fraction of sp³-hybridized carbons (Fsp3) is 0.368. The molecule has 6 heteroatoms. The highest BCUT2D eigenvalue weighted by Crippen LogP contribution is 2.23. The molecule has 2 aromatic heterocycles. The molecule has 0 unspecified atom stereocenters. The van der Waals surface area contributed by atoms with Crippen molar-refractivity contribution in [3.05, 3.63) is 47.9 Å². The van der Waals surface area contributed by atoms with Crippen LogP contribution in [0.15, 0.2) is 40.8 Å². The zero-order chi connectivity index (χ0) is 17.2. The van der Waals surface area contributed by atoms with Gasteiger partial charge in [-0.15, -0.1) is 0 Å². The topological polar surface area (TPSA) is 74.2 Å². The molecular weight excluding hydrogens is 316 g/mol. The van der Waals surface area contributed by atoms with E-state index >= 15 is 0 Å². The second kappa shape index (κ2) is 6.63. The number of aromatic nitrogens is 2. The normalized spacial score (nSPS) is 15.6. The minimum Gasteiger partial charge on any atom is -0.465 e. The van der Waals surface area contributed by atoms with Crippen molar-refractivity contribution in [2.75, 3.05) is 18.0 Å². The molecule has 0 saturated carbocycles. The van der Waals surface area contributed by atoms with E-state index in [1.165, 1.54) is 0 Å². The molecule has 1 aliphatic rings. The molecule has 130 valence electrons. The van der Waals surface area contributed by atoms with Gasteiger partial charge in [-0.2, -0.15) is 0 Å². The molecule has 0 aliphatic carbocycles. The smallest absolute Gasteiger partial charge is 0.223 e. The lowest BCUT2D eigenvalue weighted by molar-refractivity contribution is -0.125. The first-order chi connectivity index (χ1) is 12.2. The van der Waals surface area contributed by atoms with Crippen LogP contribution >= 0.6 is 0 Å². The van der Waals surface area contributed by atoms with Crippen molar-refractivity contribution < 1.29 is 9.21 Å². The summed E-state index contributed by atoms with van der Waals surface area (Å²) < 4.78 is 5.49. The van der Waals surface area contributed by atoms with Gasteiger partial charge in [0.2, 0.25) is 11.9 Å². The van der Waals surface area contributed by atoms with Gasteiger partial charge in [-0.3, -0.25) is 4.79 Å². The summed E-state index contributed by atoms with van der Waals surface area (Å²) in [5.74, 6) is 2.72. The minimum atomic E-state index is 0.0525. The van der Waals surface area contributed by atoms with Crippen LogP contribution in [-0.2, 0) is 11.3 Å². The monoisotopic (exact) mass is 338 g/mol. The standard InChI is InChI=1S/C19H22N4O2/c1-13-6-7-15(25-13)12-20-18(24)14-8-10-23(11-9-14)19-21-16-4-2-3-5-17(16)22-19/h2-7,14H,8-12H2,1H3,(H,20,24)(H,21,22). The molecule has 2 N–H and O–H groups in total. The number of H-pyrrole nitrogens is 1. The largest absolute Gasteiger partial charge is 0.465 e. The lowest BCUT2D eigenvalue weighted by atomic mass is 9.96. The molecule has 0 bridgehead atoms. The molecule has 0 atom stereocenters. The molecule has 1 amide bonds. The maximum Gasteiger partial charge on any atom is 0.223 e. The number of aromatic amines is 1. The number of aryl methyl sites for hydroxylation is 1. The van der Waals surface area contributed by atoms with Gasteiger partial charge in [0.25, 0.3) is 0 Å². The highest BCUT2D eigenvalue weighted by Gasteiger charge is 2.26. The number of carbonyl (C=O) groups is 1. The second-order valence-corrected chi connectivity index (χ2v) is 6.57. The van der Waals surface area contributed by atoms with Crippen LogP contribution in [0, 0.1) is 12.8 Å². The average Bonchev–Trinajstić information content (AvgIpc) is 3.25. The maximum atomic E-state index is 12.4. The molecule has 0 spiro atoms. The third-order valence-corrected chi connectivity index (χ3v) is 4.78. The first-order valence-corrected chi connectivity index (χ1v) is 8.72. The van der Waals surface area contributed by atoms with Gasteiger partial charge in [0.15, 0.2) is 0 Å². The predicted octanol–water partition coefficient (Wildman–Crippen LogP) is 3.00. The van der Waals surface area contributed by atoms with E-state index in [0.29, 0.717) is 6.54 Å².